The molecule has 0 aliphatic rings. The molecule has 0 aliphatic carbocycles. The number of ether oxygens (including phenoxy) is 2. The second kappa shape index (κ2) is 9.05. The predicted octanol–water partition coefficient (Wildman–Crippen LogP) is 3.34. The van der Waals surface area contributed by atoms with Crippen molar-refractivity contribution < 1.29 is 24.2 Å². The smallest absolute Gasteiger partial charge is 0.337 e. The maximum Gasteiger partial charge on any atom is 0.337 e. The van der Waals surface area contributed by atoms with Crippen LogP contribution in [0.3, 0.4) is 0 Å². The van der Waals surface area contributed by atoms with Gasteiger partial charge in [-0.15, -0.1) is 0 Å². The van der Waals surface area contributed by atoms with Crippen molar-refractivity contribution >= 4 is 17.6 Å². The van der Waals surface area contributed by atoms with Crippen molar-refractivity contribution in [2.45, 2.75) is 18.9 Å². The Hall–Kier alpha value is -3.06. The van der Waals surface area contributed by atoms with Crippen LogP contribution in [-0.4, -0.2) is 43.4 Å². The summed E-state index contributed by atoms with van der Waals surface area (Å²) in [4.78, 5) is 22.9. The van der Waals surface area contributed by atoms with Crippen LogP contribution in [0.4, 0.5) is 5.69 Å². The van der Waals surface area contributed by atoms with Gasteiger partial charge < -0.3 is 14.6 Å². The number of rotatable bonds is 7. The summed E-state index contributed by atoms with van der Waals surface area (Å²) in [6.45, 7) is 1.59. The normalized spacial score (nSPS) is 13.2. The Morgan fingerprint density at radius 3 is 1.85 bits per heavy atom. The number of esters is 2. The zero-order valence-electron chi connectivity index (χ0n) is 15.5. The van der Waals surface area contributed by atoms with E-state index in [4.69, 9.17) is 0 Å². The molecule has 0 bridgehead atoms. The zero-order chi connectivity index (χ0) is 19.9. The van der Waals surface area contributed by atoms with Crippen molar-refractivity contribution in [1.82, 2.24) is 0 Å². The molecule has 1 atom stereocenters. The van der Waals surface area contributed by atoms with Gasteiger partial charge in [-0.05, 0) is 48.9 Å². The van der Waals surface area contributed by atoms with Crippen LogP contribution >= 0.6 is 0 Å². The molecule has 1 unspecified atom stereocenters. The Labute approximate surface area is 157 Å². The maximum absolute atomic E-state index is 11.5. The average Bonchev–Trinajstić information content (AvgIpc) is 2.72. The Balaban J connectivity index is 2.10. The minimum atomic E-state index is -0.826. The second-order valence-corrected chi connectivity index (χ2v) is 6.26. The van der Waals surface area contributed by atoms with Crippen LogP contribution < -0.4 is 0 Å². The lowest BCUT2D eigenvalue weighted by Crippen LogP contribution is -2.29. The number of aliphatic hydroxyl groups is 1. The van der Waals surface area contributed by atoms with Crippen molar-refractivity contribution in [3.8, 4) is 0 Å². The van der Waals surface area contributed by atoms with Gasteiger partial charge in [-0.3, -0.25) is 0 Å². The van der Waals surface area contributed by atoms with E-state index >= 15 is 0 Å². The molecule has 0 radical (unpaired) electrons. The highest BCUT2D eigenvalue weighted by Gasteiger charge is 2.23. The monoisotopic (exact) mass is 370 g/mol. The number of methoxy groups -OCH3 is 2. The highest BCUT2D eigenvalue weighted by Crippen LogP contribution is 2.22. The van der Waals surface area contributed by atoms with Gasteiger partial charge in [0.25, 0.3) is 0 Å². The number of carbonyl (C=O) groups is 2. The van der Waals surface area contributed by atoms with E-state index in [1.807, 2.05) is 0 Å². The third-order valence-electron chi connectivity index (χ3n) is 4.00. The third-order valence-corrected chi connectivity index (χ3v) is 4.00. The van der Waals surface area contributed by atoms with Gasteiger partial charge in [-0.25, -0.2) is 9.59 Å². The quantitative estimate of drug-likeness (QED) is 0.595. The van der Waals surface area contributed by atoms with E-state index in [0.29, 0.717) is 23.2 Å². The summed E-state index contributed by atoms with van der Waals surface area (Å²) in [5.41, 5.74) is 1.52. The number of aliphatic hydroxyl groups excluding tert-OH is 1. The first-order valence-corrected chi connectivity index (χ1v) is 8.30. The standard InChI is InChI=1S/C20H22N2O5/c1-20(13-23,12-14-4-6-15(7-5-14)18(24)26-2)22-21-17-10-8-16(9-11-17)19(25)27-3/h4-11,23H,12-13H2,1-3H3. The number of hydrogen-bond donors (Lipinski definition) is 1. The molecule has 2 rings (SSSR count). The number of nitrogens with zero attached hydrogens (tertiary/aromatic N) is 2. The molecule has 142 valence electrons. The molecular weight excluding hydrogens is 348 g/mol. The topological polar surface area (TPSA) is 97.5 Å². The van der Waals surface area contributed by atoms with Crippen LogP contribution in [0.1, 0.15) is 33.2 Å². The lowest BCUT2D eigenvalue weighted by atomic mass is 9.94. The number of azo groups is 1. The molecule has 7 heteroatoms. The summed E-state index contributed by atoms with van der Waals surface area (Å²) in [6.07, 6.45) is 0.439. The van der Waals surface area contributed by atoms with E-state index in [9.17, 15) is 14.7 Å². The molecule has 2 aromatic rings. The van der Waals surface area contributed by atoms with Crippen molar-refractivity contribution in [3.63, 3.8) is 0 Å². The van der Waals surface area contributed by atoms with Gasteiger partial charge in [0, 0.05) is 6.42 Å². The summed E-state index contributed by atoms with van der Waals surface area (Å²) >= 11 is 0. The van der Waals surface area contributed by atoms with E-state index < -0.39 is 17.5 Å². The van der Waals surface area contributed by atoms with E-state index in [1.54, 1.807) is 55.5 Å². The fourth-order valence-electron chi connectivity index (χ4n) is 2.40. The SMILES string of the molecule is COC(=O)c1ccc(CC(C)(CO)N=Nc2ccc(C(=O)OC)cc2)cc1. The molecule has 0 fully saturated rings. The van der Waals surface area contributed by atoms with Gasteiger partial charge in [0.05, 0.1) is 37.6 Å². The minimum Gasteiger partial charge on any atom is -0.465 e. The average molecular weight is 370 g/mol. The molecule has 2 aromatic carbocycles. The minimum absolute atomic E-state index is 0.199. The molecule has 0 spiro atoms. The fourth-order valence-corrected chi connectivity index (χ4v) is 2.40. The molecule has 0 aliphatic heterocycles. The Kier molecular flexibility index (Phi) is 6.79. The van der Waals surface area contributed by atoms with Crippen LogP contribution in [0, 0.1) is 0 Å². The van der Waals surface area contributed by atoms with E-state index in [1.165, 1.54) is 14.2 Å². The van der Waals surface area contributed by atoms with Crippen LogP contribution in [0.25, 0.3) is 0 Å². The van der Waals surface area contributed by atoms with Gasteiger partial charge in [-0.2, -0.15) is 10.2 Å². The Morgan fingerprint density at radius 2 is 1.41 bits per heavy atom. The van der Waals surface area contributed by atoms with Gasteiger partial charge in [0.15, 0.2) is 0 Å². The summed E-state index contributed by atoms with van der Waals surface area (Å²) < 4.78 is 9.32. The van der Waals surface area contributed by atoms with E-state index in [-0.39, 0.29) is 6.61 Å². The first-order chi connectivity index (χ1) is 12.9. The van der Waals surface area contributed by atoms with Crippen LogP contribution in [0.5, 0.6) is 0 Å². The van der Waals surface area contributed by atoms with Crippen molar-refractivity contribution in [1.29, 1.82) is 0 Å². The van der Waals surface area contributed by atoms with Crippen molar-refractivity contribution in [3.05, 3.63) is 65.2 Å². The number of carbonyl (C=O) groups excluding carboxylic acids is 2. The summed E-state index contributed by atoms with van der Waals surface area (Å²) in [5, 5.41) is 18.2. The summed E-state index contributed by atoms with van der Waals surface area (Å²) in [5.74, 6) is -0.823. The lowest BCUT2D eigenvalue weighted by Gasteiger charge is -2.21. The molecule has 27 heavy (non-hydrogen) atoms. The van der Waals surface area contributed by atoms with Crippen LogP contribution in [0.15, 0.2) is 58.8 Å². The van der Waals surface area contributed by atoms with Crippen molar-refractivity contribution in [2.75, 3.05) is 20.8 Å². The van der Waals surface area contributed by atoms with Crippen LogP contribution in [-0.2, 0) is 15.9 Å². The predicted molar refractivity (Wildman–Crippen MR) is 99.3 cm³/mol. The third kappa shape index (κ3) is 5.46. The zero-order valence-corrected chi connectivity index (χ0v) is 15.5. The fraction of sp³-hybridized carbons (Fsp3) is 0.300. The molecule has 0 heterocycles. The van der Waals surface area contributed by atoms with Gasteiger partial charge in [0.1, 0.15) is 5.54 Å². The van der Waals surface area contributed by atoms with Gasteiger partial charge in [0.2, 0.25) is 0 Å². The molecular formula is C20H22N2O5. The number of hydrogen-bond acceptors (Lipinski definition) is 7. The highest BCUT2D eigenvalue weighted by molar-refractivity contribution is 5.89. The molecule has 1 N–H and O–H groups in total. The highest BCUT2D eigenvalue weighted by atomic mass is 16.5. The largest absolute Gasteiger partial charge is 0.465 e. The summed E-state index contributed by atoms with van der Waals surface area (Å²) in [6, 6.07) is 13.4. The Bertz CT molecular complexity index is 815. The van der Waals surface area contributed by atoms with Gasteiger partial charge >= 0.3 is 11.9 Å². The number of benzene rings is 2. The second-order valence-electron chi connectivity index (χ2n) is 6.26. The molecule has 0 aromatic heterocycles. The maximum atomic E-state index is 11.5. The van der Waals surface area contributed by atoms with E-state index in [0.717, 1.165) is 5.56 Å². The first-order valence-electron chi connectivity index (χ1n) is 8.30. The molecule has 7 nitrogen and oxygen atoms in total. The van der Waals surface area contributed by atoms with Gasteiger partial charge in [-0.1, -0.05) is 12.1 Å². The molecule has 0 saturated heterocycles. The van der Waals surface area contributed by atoms with E-state index in [2.05, 4.69) is 19.7 Å². The Morgan fingerprint density at radius 1 is 0.926 bits per heavy atom. The summed E-state index contributed by atoms with van der Waals surface area (Å²) in [7, 11) is 2.65. The lowest BCUT2D eigenvalue weighted by molar-refractivity contribution is 0.0592. The van der Waals surface area contributed by atoms with Crippen LogP contribution in [0.2, 0.25) is 0 Å². The molecule has 0 amide bonds. The first kappa shape index (κ1) is 20.3. The van der Waals surface area contributed by atoms with Crippen molar-refractivity contribution in [2.24, 2.45) is 10.2 Å². The molecule has 0 saturated carbocycles.